The summed E-state index contributed by atoms with van der Waals surface area (Å²) in [6, 6.07) is 6.78. The molecular formula is C19H18ClN3O5. The van der Waals surface area contributed by atoms with Crippen LogP contribution in [0.4, 0.5) is 0 Å². The Morgan fingerprint density at radius 1 is 1.39 bits per heavy atom. The fourth-order valence-electron chi connectivity index (χ4n) is 2.10. The van der Waals surface area contributed by atoms with E-state index in [9.17, 15) is 15.1 Å². The molecule has 8 nitrogen and oxygen atoms in total. The van der Waals surface area contributed by atoms with Crippen molar-refractivity contribution in [2.24, 2.45) is 5.16 Å². The zero-order valence-electron chi connectivity index (χ0n) is 15.7. The molecular weight excluding hydrogens is 386 g/mol. The number of oxime groups is 1. The second-order valence-corrected chi connectivity index (χ2v) is 7.16. The standard InChI is InChI=1S/C19H18ClN3O5/c1-11(22-28-19(2,3)4)27-16-6-5-7-23(26)17(16)18(25)13-8-12(10-21)14(20)9-15(13)24/h5-9,24H,1-4H3/b22-11-. The molecule has 28 heavy (non-hydrogen) atoms. The van der Waals surface area contributed by atoms with E-state index in [-0.39, 0.29) is 27.8 Å². The lowest BCUT2D eigenvalue weighted by Crippen LogP contribution is -2.35. The van der Waals surface area contributed by atoms with E-state index in [0.717, 1.165) is 18.3 Å². The van der Waals surface area contributed by atoms with Crippen LogP contribution in [0, 0.1) is 16.5 Å². The lowest BCUT2D eigenvalue weighted by Gasteiger charge is -2.16. The van der Waals surface area contributed by atoms with Crippen LogP contribution in [0.25, 0.3) is 0 Å². The van der Waals surface area contributed by atoms with E-state index < -0.39 is 22.8 Å². The lowest BCUT2D eigenvalue weighted by molar-refractivity contribution is -0.607. The van der Waals surface area contributed by atoms with Crippen molar-refractivity contribution in [3.05, 3.63) is 57.5 Å². The molecule has 0 aliphatic rings. The highest BCUT2D eigenvalue weighted by Gasteiger charge is 2.28. The van der Waals surface area contributed by atoms with Crippen molar-refractivity contribution >= 4 is 23.3 Å². The van der Waals surface area contributed by atoms with Crippen LogP contribution in [0.3, 0.4) is 0 Å². The van der Waals surface area contributed by atoms with Gasteiger partial charge in [0.1, 0.15) is 17.4 Å². The van der Waals surface area contributed by atoms with Gasteiger partial charge in [-0.3, -0.25) is 4.79 Å². The minimum Gasteiger partial charge on any atom is -0.618 e. The lowest BCUT2D eigenvalue weighted by atomic mass is 10.0. The number of hydrogen-bond donors (Lipinski definition) is 1. The summed E-state index contributed by atoms with van der Waals surface area (Å²) in [7, 11) is 0. The van der Waals surface area contributed by atoms with Gasteiger partial charge in [-0.25, -0.2) is 0 Å². The Labute approximate surface area is 166 Å². The Morgan fingerprint density at radius 3 is 2.68 bits per heavy atom. The highest BCUT2D eigenvalue weighted by molar-refractivity contribution is 6.32. The van der Waals surface area contributed by atoms with Crippen molar-refractivity contribution in [2.45, 2.75) is 33.3 Å². The van der Waals surface area contributed by atoms with E-state index in [1.807, 2.05) is 6.07 Å². The van der Waals surface area contributed by atoms with Gasteiger partial charge in [0.2, 0.25) is 11.6 Å². The van der Waals surface area contributed by atoms with Crippen LogP contribution in [-0.2, 0) is 4.84 Å². The SMILES string of the molecule is C/C(=N/OC(C)(C)C)Oc1ccc[n+]([O-])c1C(=O)c1cc(C#N)c(Cl)cc1O. The fourth-order valence-corrected chi connectivity index (χ4v) is 2.30. The molecule has 0 saturated heterocycles. The van der Waals surface area contributed by atoms with Crippen LogP contribution in [0.2, 0.25) is 5.02 Å². The summed E-state index contributed by atoms with van der Waals surface area (Å²) < 4.78 is 5.80. The minimum atomic E-state index is -0.846. The number of halogens is 1. The molecule has 1 aromatic heterocycles. The van der Waals surface area contributed by atoms with Crippen molar-refractivity contribution in [3.8, 4) is 17.6 Å². The molecule has 2 aromatic rings. The smallest absolute Gasteiger partial charge is 0.308 e. The van der Waals surface area contributed by atoms with Crippen LogP contribution >= 0.6 is 11.6 Å². The number of aromatic nitrogens is 1. The highest BCUT2D eigenvalue weighted by atomic mass is 35.5. The highest BCUT2D eigenvalue weighted by Crippen LogP contribution is 2.29. The van der Waals surface area contributed by atoms with Gasteiger partial charge >= 0.3 is 5.69 Å². The number of carbonyl (C=O) groups is 1. The number of nitriles is 1. The Hall–Kier alpha value is -3.31. The maximum absolute atomic E-state index is 12.9. The number of benzene rings is 1. The summed E-state index contributed by atoms with van der Waals surface area (Å²) >= 11 is 5.84. The Morgan fingerprint density at radius 2 is 2.07 bits per heavy atom. The molecule has 146 valence electrons. The first-order valence-electron chi connectivity index (χ1n) is 8.13. The van der Waals surface area contributed by atoms with Gasteiger partial charge in [0, 0.05) is 19.1 Å². The zero-order chi connectivity index (χ0) is 21.1. The van der Waals surface area contributed by atoms with Gasteiger partial charge in [0.05, 0.1) is 16.1 Å². The second kappa shape index (κ2) is 8.15. The van der Waals surface area contributed by atoms with E-state index >= 15 is 0 Å². The van der Waals surface area contributed by atoms with E-state index in [1.54, 1.807) is 20.8 Å². The molecule has 1 N–H and O–H groups in total. The minimum absolute atomic E-state index is 0.0154. The van der Waals surface area contributed by atoms with E-state index in [4.69, 9.17) is 26.4 Å². The van der Waals surface area contributed by atoms with Gasteiger partial charge in [-0.05, 0) is 32.9 Å². The summed E-state index contributed by atoms with van der Waals surface area (Å²) in [4.78, 5) is 18.1. The van der Waals surface area contributed by atoms with E-state index in [2.05, 4.69) is 5.16 Å². The number of pyridine rings is 1. The number of aromatic hydroxyl groups is 1. The van der Waals surface area contributed by atoms with Gasteiger partial charge in [-0.1, -0.05) is 16.8 Å². The quantitative estimate of drug-likeness (QED) is 0.209. The van der Waals surface area contributed by atoms with Crippen LogP contribution in [-0.4, -0.2) is 22.4 Å². The number of carbonyl (C=O) groups excluding carboxylic acids is 1. The first kappa shape index (κ1) is 21.0. The molecule has 0 amide bonds. The summed E-state index contributed by atoms with van der Waals surface area (Å²) in [5, 5.41) is 35.2. The first-order chi connectivity index (χ1) is 13.0. The monoisotopic (exact) mass is 403 g/mol. The van der Waals surface area contributed by atoms with Crippen molar-refractivity contribution in [1.82, 2.24) is 0 Å². The maximum Gasteiger partial charge on any atom is 0.308 e. The van der Waals surface area contributed by atoms with Crippen LogP contribution in [0.1, 0.15) is 49.3 Å². The van der Waals surface area contributed by atoms with Gasteiger partial charge in [-0.2, -0.15) is 9.99 Å². The van der Waals surface area contributed by atoms with Gasteiger partial charge in [0.25, 0.3) is 5.78 Å². The third-order valence-electron chi connectivity index (χ3n) is 3.29. The number of phenolic OH excluding ortho intramolecular Hbond substituents is 1. The van der Waals surface area contributed by atoms with Gasteiger partial charge < -0.3 is 19.9 Å². The van der Waals surface area contributed by atoms with Crippen molar-refractivity contribution < 1.29 is 24.2 Å². The van der Waals surface area contributed by atoms with Gasteiger partial charge in [0.15, 0.2) is 6.20 Å². The molecule has 0 aliphatic heterocycles. The van der Waals surface area contributed by atoms with E-state index in [0.29, 0.717) is 4.73 Å². The number of ketones is 1. The third-order valence-corrected chi connectivity index (χ3v) is 3.61. The molecule has 0 spiro atoms. The van der Waals surface area contributed by atoms with Crippen LogP contribution < -0.4 is 9.47 Å². The first-order valence-corrected chi connectivity index (χ1v) is 8.51. The Kier molecular flexibility index (Phi) is 6.11. The maximum atomic E-state index is 12.9. The molecule has 0 atom stereocenters. The molecule has 0 unspecified atom stereocenters. The molecule has 9 heteroatoms. The molecule has 0 bridgehead atoms. The van der Waals surface area contributed by atoms with Gasteiger partial charge in [-0.15, -0.1) is 0 Å². The predicted octanol–water partition coefficient (Wildman–Crippen LogP) is 3.31. The summed E-state index contributed by atoms with van der Waals surface area (Å²) in [6.45, 7) is 6.88. The van der Waals surface area contributed by atoms with Crippen molar-refractivity contribution in [3.63, 3.8) is 0 Å². The Bertz CT molecular complexity index is 990. The number of rotatable bonds is 4. The van der Waals surface area contributed by atoms with Crippen LogP contribution in [0.5, 0.6) is 11.5 Å². The van der Waals surface area contributed by atoms with E-state index in [1.165, 1.54) is 19.1 Å². The molecule has 0 saturated carbocycles. The largest absolute Gasteiger partial charge is 0.618 e. The van der Waals surface area contributed by atoms with Crippen molar-refractivity contribution in [1.29, 1.82) is 5.26 Å². The second-order valence-electron chi connectivity index (χ2n) is 6.75. The molecule has 1 heterocycles. The molecule has 2 rings (SSSR count). The number of ether oxygens (including phenoxy) is 1. The normalized spacial score (nSPS) is 11.6. The van der Waals surface area contributed by atoms with Crippen molar-refractivity contribution in [2.75, 3.05) is 0 Å². The third kappa shape index (κ3) is 4.90. The summed E-state index contributed by atoms with van der Waals surface area (Å²) in [6.07, 6.45) is 1.11. The number of nitrogens with zero attached hydrogens (tertiary/aromatic N) is 3. The Balaban J connectivity index is 2.47. The summed E-state index contributed by atoms with van der Waals surface area (Å²) in [5.74, 6) is -1.34. The number of phenols is 1. The number of hydrogen-bond acceptors (Lipinski definition) is 7. The molecule has 0 aliphatic carbocycles. The van der Waals surface area contributed by atoms with Crippen LogP contribution in [0.15, 0.2) is 35.6 Å². The predicted molar refractivity (Wildman–Crippen MR) is 101 cm³/mol. The zero-order valence-corrected chi connectivity index (χ0v) is 16.4. The topological polar surface area (TPSA) is 119 Å². The molecule has 0 fully saturated rings. The fraction of sp³-hybridized carbons (Fsp3) is 0.263. The molecule has 1 aromatic carbocycles. The average molecular weight is 404 g/mol. The average Bonchev–Trinajstić information content (AvgIpc) is 2.59. The summed E-state index contributed by atoms with van der Waals surface area (Å²) in [5.41, 5.74) is -1.23. The molecule has 0 radical (unpaired) electrons.